The molecular formula is C14H25N3. The van der Waals surface area contributed by atoms with E-state index < -0.39 is 0 Å². The zero-order valence-corrected chi connectivity index (χ0v) is 11.3. The second-order valence-corrected chi connectivity index (χ2v) is 7.25. The van der Waals surface area contributed by atoms with Crippen molar-refractivity contribution in [3.8, 4) is 0 Å². The molecule has 3 fully saturated rings. The van der Waals surface area contributed by atoms with Crippen molar-refractivity contribution in [2.24, 2.45) is 27.5 Å². The minimum atomic E-state index is 0.322. The van der Waals surface area contributed by atoms with Crippen LogP contribution in [-0.2, 0) is 0 Å². The summed E-state index contributed by atoms with van der Waals surface area (Å²) in [6, 6.07) is 1.01. The fourth-order valence-corrected chi connectivity index (χ4v) is 4.21. The minimum Gasteiger partial charge on any atom is -0.370 e. The van der Waals surface area contributed by atoms with E-state index in [0.717, 1.165) is 5.92 Å². The predicted molar refractivity (Wildman–Crippen MR) is 70.8 cm³/mol. The van der Waals surface area contributed by atoms with E-state index >= 15 is 0 Å². The van der Waals surface area contributed by atoms with Crippen LogP contribution in [0.15, 0.2) is 4.99 Å². The Morgan fingerprint density at radius 2 is 1.94 bits per heavy atom. The maximum Gasteiger partial charge on any atom is 0.189 e. The Bertz CT molecular complexity index is 352. The number of hydrogen-bond donors (Lipinski definition) is 2. The maximum absolute atomic E-state index is 6.05. The molecule has 3 saturated carbocycles. The van der Waals surface area contributed by atoms with Gasteiger partial charge in [-0.2, -0.15) is 0 Å². The average molecular weight is 235 g/mol. The highest BCUT2D eigenvalue weighted by atomic mass is 15.1. The van der Waals surface area contributed by atoms with Gasteiger partial charge in [-0.3, -0.25) is 0 Å². The zero-order valence-electron chi connectivity index (χ0n) is 11.3. The van der Waals surface area contributed by atoms with Crippen LogP contribution in [0.5, 0.6) is 0 Å². The van der Waals surface area contributed by atoms with Gasteiger partial charge in [0.15, 0.2) is 5.96 Å². The first kappa shape index (κ1) is 11.4. The lowest BCUT2D eigenvalue weighted by Gasteiger charge is -2.40. The Hall–Kier alpha value is -0.730. The monoisotopic (exact) mass is 235 g/mol. The standard InChI is InChI=1S/C14H25N3/c1-13(2)9-6-7-14(3,8-9)11(13)17-12(15)16-10-4-5-10/h9-11H,4-8H2,1-3H3,(H3,15,16,17). The van der Waals surface area contributed by atoms with Gasteiger partial charge in [0.1, 0.15) is 0 Å². The molecule has 3 N–H and O–H groups in total. The van der Waals surface area contributed by atoms with Crippen LogP contribution in [0, 0.1) is 16.7 Å². The lowest BCUT2D eigenvalue weighted by atomic mass is 9.69. The summed E-state index contributed by atoms with van der Waals surface area (Å²) < 4.78 is 0. The summed E-state index contributed by atoms with van der Waals surface area (Å²) in [7, 11) is 0. The molecule has 2 bridgehead atoms. The Kier molecular flexibility index (Phi) is 2.27. The molecule has 0 aromatic heterocycles. The highest BCUT2D eigenvalue weighted by molar-refractivity contribution is 5.78. The van der Waals surface area contributed by atoms with Crippen LogP contribution >= 0.6 is 0 Å². The topological polar surface area (TPSA) is 50.4 Å². The first-order chi connectivity index (χ1) is 7.92. The van der Waals surface area contributed by atoms with Crippen LogP contribution in [0.2, 0.25) is 0 Å². The van der Waals surface area contributed by atoms with Gasteiger partial charge in [0.25, 0.3) is 0 Å². The molecule has 3 rings (SSSR count). The van der Waals surface area contributed by atoms with Crippen LogP contribution < -0.4 is 11.1 Å². The van der Waals surface area contributed by atoms with Crippen molar-refractivity contribution < 1.29 is 0 Å². The third kappa shape index (κ3) is 1.74. The second-order valence-electron chi connectivity index (χ2n) is 7.25. The maximum atomic E-state index is 6.05. The summed E-state index contributed by atoms with van der Waals surface area (Å²) in [4.78, 5) is 4.85. The van der Waals surface area contributed by atoms with E-state index in [-0.39, 0.29) is 0 Å². The van der Waals surface area contributed by atoms with Gasteiger partial charge in [0.2, 0.25) is 0 Å². The van der Waals surface area contributed by atoms with Gasteiger partial charge < -0.3 is 11.1 Å². The second kappa shape index (κ2) is 3.39. The molecule has 0 radical (unpaired) electrons. The van der Waals surface area contributed by atoms with Crippen molar-refractivity contribution in [2.75, 3.05) is 0 Å². The van der Waals surface area contributed by atoms with Gasteiger partial charge in [-0.05, 0) is 48.9 Å². The Balaban J connectivity index is 1.80. The third-order valence-corrected chi connectivity index (χ3v) is 5.39. The number of rotatable bonds is 2. The summed E-state index contributed by atoms with van der Waals surface area (Å²) in [5.41, 5.74) is 6.76. The molecule has 3 atom stereocenters. The summed E-state index contributed by atoms with van der Waals surface area (Å²) >= 11 is 0. The molecule has 0 spiro atoms. The molecule has 17 heavy (non-hydrogen) atoms. The fraction of sp³-hybridized carbons (Fsp3) is 0.929. The van der Waals surface area contributed by atoms with Crippen molar-refractivity contribution in [1.82, 2.24) is 5.32 Å². The van der Waals surface area contributed by atoms with Crippen LogP contribution in [0.1, 0.15) is 52.9 Å². The molecule has 0 aromatic carbocycles. The van der Waals surface area contributed by atoms with E-state index in [1.807, 2.05) is 0 Å². The van der Waals surface area contributed by atoms with E-state index in [1.165, 1.54) is 32.1 Å². The Labute approximate surface area is 104 Å². The fourth-order valence-electron chi connectivity index (χ4n) is 4.21. The number of nitrogens with two attached hydrogens (primary N) is 1. The highest BCUT2D eigenvalue weighted by Crippen LogP contribution is 2.63. The lowest BCUT2D eigenvalue weighted by molar-refractivity contribution is 0.142. The summed E-state index contributed by atoms with van der Waals surface area (Å²) in [6.07, 6.45) is 6.55. The van der Waals surface area contributed by atoms with E-state index in [1.54, 1.807) is 0 Å². The van der Waals surface area contributed by atoms with Gasteiger partial charge in [-0.15, -0.1) is 0 Å². The first-order valence-corrected chi connectivity index (χ1v) is 7.02. The molecule has 3 aliphatic rings. The smallest absolute Gasteiger partial charge is 0.189 e. The Morgan fingerprint density at radius 1 is 1.24 bits per heavy atom. The SMILES string of the molecule is CC12CCC(C1)C(C)(C)C2N=C(N)NC1CC1. The largest absolute Gasteiger partial charge is 0.370 e. The lowest BCUT2D eigenvalue weighted by Crippen LogP contribution is -2.43. The van der Waals surface area contributed by atoms with E-state index in [2.05, 4.69) is 26.1 Å². The first-order valence-electron chi connectivity index (χ1n) is 7.02. The van der Waals surface area contributed by atoms with Crippen LogP contribution in [0.25, 0.3) is 0 Å². The molecular weight excluding hydrogens is 210 g/mol. The molecule has 3 nitrogen and oxygen atoms in total. The van der Waals surface area contributed by atoms with Crippen molar-refractivity contribution >= 4 is 5.96 Å². The molecule has 3 unspecified atom stereocenters. The zero-order chi connectivity index (χ0) is 12.3. The van der Waals surface area contributed by atoms with Crippen molar-refractivity contribution in [2.45, 2.75) is 65.0 Å². The van der Waals surface area contributed by atoms with Crippen LogP contribution in [0.4, 0.5) is 0 Å². The number of nitrogens with zero attached hydrogens (tertiary/aromatic N) is 1. The molecule has 0 amide bonds. The number of hydrogen-bond acceptors (Lipinski definition) is 1. The molecule has 3 heteroatoms. The summed E-state index contributed by atoms with van der Waals surface area (Å²) in [6.45, 7) is 7.15. The average Bonchev–Trinajstić information content (AvgIpc) is 2.90. The normalized spacial score (nSPS) is 44.1. The molecule has 0 aromatic rings. The Morgan fingerprint density at radius 3 is 2.47 bits per heavy atom. The van der Waals surface area contributed by atoms with Crippen molar-refractivity contribution in [3.63, 3.8) is 0 Å². The van der Waals surface area contributed by atoms with Crippen molar-refractivity contribution in [1.29, 1.82) is 0 Å². The van der Waals surface area contributed by atoms with Gasteiger partial charge in [0, 0.05) is 6.04 Å². The third-order valence-electron chi connectivity index (χ3n) is 5.39. The predicted octanol–water partition coefficient (Wildman–Crippen LogP) is 2.27. The molecule has 0 aliphatic heterocycles. The summed E-state index contributed by atoms with van der Waals surface area (Å²) in [5.74, 6) is 1.52. The van der Waals surface area contributed by atoms with Crippen LogP contribution in [-0.4, -0.2) is 18.0 Å². The van der Waals surface area contributed by atoms with Gasteiger partial charge in [0.05, 0.1) is 6.04 Å². The van der Waals surface area contributed by atoms with Gasteiger partial charge in [-0.25, -0.2) is 4.99 Å². The van der Waals surface area contributed by atoms with Gasteiger partial charge >= 0.3 is 0 Å². The van der Waals surface area contributed by atoms with Crippen molar-refractivity contribution in [3.05, 3.63) is 0 Å². The van der Waals surface area contributed by atoms with E-state index in [0.29, 0.717) is 28.9 Å². The minimum absolute atomic E-state index is 0.322. The number of guanidine groups is 1. The van der Waals surface area contributed by atoms with Crippen LogP contribution in [0.3, 0.4) is 0 Å². The number of aliphatic imine (C=N–C) groups is 1. The molecule has 96 valence electrons. The number of fused-ring (bicyclic) bond motifs is 2. The molecule has 3 aliphatic carbocycles. The molecule has 0 heterocycles. The summed E-state index contributed by atoms with van der Waals surface area (Å²) in [5, 5.41) is 3.32. The molecule has 0 saturated heterocycles. The number of nitrogens with one attached hydrogen (secondary N) is 1. The highest BCUT2D eigenvalue weighted by Gasteiger charge is 2.59. The quantitative estimate of drug-likeness (QED) is 0.570. The van der Waals surface area contributed by atoms with E-state index in [4.69, 9.17) is 10.7 Å². The van der Waals surface area contributed by atoms with Gasteiger partial charge in [-0.1, -0.05) is 20.8 Å². The van der Waals surface area contributed by atoms with E-state index in [9.17, 15) is 0 Å².